The Bertz CT molecular complexity index is 8410. The van der Waals surface area contributed by atoms with Gasteiger partial charge in [0.15, 0.2) is 5.82 Å². The highest BCUT2D eigenvalue weighted by atomic mass is 15.2. The van der Waals surface area contributed by atoms with E-state index >= 15 is 0 Å². The molecule has 26 rings (SSSR count). The van der Waals surface area contributed by atoms with Crippen LogP contribution in [0.3, 0.4) is 0 Å². The lowest BCUT2D eigenvalue weighted by Gasteiger charge is -2.16. The summed E-state index contributed by atoms with van der Waals surface area (Å²) in [6.45, 7) is 0. The molecule has 24 aromatic rings. The number of nitrogens with zero attached hydrogens (tertiary/aromatic N) is 8. The summed E-state index contributed by atoms with van der Waals surface area (Å²) in [6.07, 6.45) is 0. The summed E-state index contributed by atoms with van der Waals surface area (Å²) in [5, 5.41) is 19.6. The van der Waals surface area contributed by atoms with Crippen LogP contribution in [0.5, 0.6) is 0 Å². The van der Waals surface area contributed by atoms with Gasteiger partial charge in [-0.3, -0.25) is 9.13 Å². The molecule has 0 amide bonds. The molecule has 0 spiro atoms. The first-order chi connectivity index (χ1) is 55.5. The second kappa shape index (κ2) is 22.3. The number of benzene rings is 18. The SMILES string of the molecule is c1ccc2c(c1)-c1ccccc1-n1c3cc4c5ccccc5n(-c5nc(-c6ccc7cc(-c8ccc9nc(-c%10ccc%11c(ccc%12ccccc%12%11)c%10)c(-n%10c%11ccccc%11c%11cc%12c(cc%11%10)c%10cccc%11c%10n%12-c%10ccccc%10-c%10ccccc%10-%11)nc9c8)c8ccccc8c7c6)c6ccccc6n5)c4cc3c3cccc-2c31. The van der Waals surface area contributed by atoms with E-state index in [0.29, 0.717) is 5.95 Å². The maximum absolute atomic E-state index is 5.97. The third-order valence-corrected chi connectivity index (χ3v) is 24.6. The van der Waals surface area contributed by atoms with Gasteiger partial charge in [0.25, 0.3) is 0 Å². The van der Waals surface area contributed by atoms with Crippen molar-refractivity contribution in [3.05, 3.63) is 352 Å². The molecule has 0 unspecified atom stereocenters. The van der Waals surface area contributed by atoms with Crippen LogP contribution in [-0.4, -0.2) is 38.2 Å². The molecule has 18 aromatic carbocycles. The molecule has 0 N–H and O–H groups in total. The average molecular weight is 1420 g/mol. The van der Waals surface area contributed by atoms with Gasteiger partial charge in [0.05, 0.1) is 77.8 Å². The number of hydrogen-bond acceptors (Lipinski definition) is 4. The molecule has 0 fully saturated rings. The Kier molecular flexibility index (Phi) is 11.9. The summed E-state index contributed by atoms with van der Waals surface area (Å²) in [5.41, 5.74) is 29.4. The highest BCUT2D eigenvalue weighted by molar-refractivity contribution is 6.25. The normalized spacial score (nSPS) is 12.5. The van der Waals surface area contributed by atoms with E-state index in [2.05, 4.69) is 370 Å². The average Bonchev–Trinajstić information content (AvgIpc) is 1.54. The molecule has 2 aliphatic rings. The Morgan fingerprint density at radius 1 is 0.179 bits per heavy atom. The summed E-state index contributed by atoms with van der Waals surface area (Å²) in [6, 6.07) is 130. The predicted molar refractivity (Wildman–Crippen MR) is 465 cm³/mol. The van der Waals surface area contributed by atoms with E-state index in [0.717, 1.165) is 143 Å². The van der Waals surface area contributed by atoms with Gasteiger partial charge < -0.3 is 9.13 Å². The highest BCUT2D eigenvalue weighted by Crippen LogP contribution is 2.52. The minimum absolute atomic E-state index is 0.617. The predicted octanol–water partition coefficient (Wildman–Crippen LogP) is 26.9. The van der Waals surface area contributed by atoms with E-state index in [4.69, 9.17) is 19.9 Å². The van der Waals surface area contributed by atoms with Crippen molar-refractivity contribution in [1.29, 1.82) is 0 Å². The molecule has 2 aliphatic heterocycles. The van der Waals surface area contributed by atoms with Gasteiger partial charge in [-0.05, 0) is 161 Å². The van der Waals surface area contributed by atoms with Crippen molar-refractivity contribution in [2.75, 3.05) is 0 Å². The summed E-state index contributed by atoms with van der Waals surface area (Å²) in [7, 11) is 0. The van der Waals surface area contributed by atoms with Gasteiger partial charge in [-0.1, -0.05) is 267 Å². The van der Waals surface area contributed by atoms with Crippen molar-refractivity contribution < 1.29 is 0 Å². The van der Waals surface area contributed by atoms with Gasteiger partial charge in [-0.15, -0.1) is 0 Å². The Balaban J connectivity index is 0.653. The lowest BCUT2D eigenvalue weighted by Crippen LogP contribution is -2.04. The van der Waals surface area contributed by atoms with E-state index in [-0.39, 0.29) is 0 Å². The Morgan fingerprint density at radius 2 is 0.634 bits per heavy atom. The summed E-state index contributed by atoms with van der Waals surface area (Å²) in [4.78, 5) is 23.0. The van der Waals surface area contributed by atoms with Gasteiger partial charge in [0, 0.05) is 81.9 Å². The summed E-state index contributed by atoms with van der Waals surface area (Å²) >= 11 is 0. The lowest BCUT2D eigenvalue weighted by atomic mass is 9.91. The smallest absolute Gasteiger partial charge is 0.235 e. The molecule has 8 nitrogen and oxygen atoms in total. The first kappa shape index (κ1) is 60.0. The van der Waals surface area contributed by atoms with Crippen molar-refractivity contribution in [2.45, 2.75) is 0 Å². The van der Waals surface area contributed by atoms with Crippen LogP contribution in [0.1, 0.15) is 0 Å². The monoisotopic (exact) mass is 1420 g/mol. The number of fused-ring (bicyclic) bond motifs is 30. The molecule has 0 saturated carbocycles. The second-order valence-electron chi connectivity index (χ2n) is 30.3. The van der Waals surface area contributed by atoms with Crippen LogP contribution in [0.15, 0.2) is 352 Å². The summed E-state index contributed by atoms with van der Waals surface area (Å²) in [5.74, 6) is 1.38. The fraction of sp³-hybridized carbons (Fsp3) is 0. The van der Waals surface area contributed by atoms with E-state index in [1.54, 1.807) is 0 Å². The molecular formula is C104H58N8. The fourth-order valence-corrected chi connectivity index (χ4v) is 19.7. The second-order valence-corrected chi connectivity index (χ2v) is 30.3. The van der Waals surface area contributed by atoms with Gasteiger partial charge in [0.2, 0.25) is 5.95 Å². The van der Waals surface area contributed by atoms with Crippen molar-refractivity contribution in [3.8, 4) is 101 Å². The number of aromatic nitrogens is 8. The van der Waals surface area contributed by atoms with Crippen LogP contribution in [0.2, 0.25) is 0 Å². The standard InChI is InChI=1S/C104H58N8/c1-2-22-65-59(21-1)43-44-60-51-63(47-49-66(60)65)100-103(111-93-41-17-12-31-75(93)84-55-95-86(57-97(84)111)79-36-19-34-77-69-25-5-3-23-67(69)73-29-10-15-39-91(73)109(95)101(77)79)106-90-54-62(48-50-89(90)105-100)82-52-61-45-46-64(53-83(61)72-28-8-7-27-71(72)82)99-81-33-9-14-38-88(81)107-104(108-99)112-94-42-18-13-32-76(94)85-56-96-87(58-98(85)112)80-37-20-35-78-70-26-6-4-24-68(70)74-30-11-16-40-92(74)110(96)102(78)80/h1-58H. The molecule has 514 valence electrons. The van der Waals surface area contributed by atoms with Crippen LogP contribution >= 0.6 is 0 Å². The molecule has 8 heterocycles. The van der Waals surface area contributed by atoms with Gasteiger partial charge in [-0.2, -0.15) is 0 Å². The number of rotatable bonds is 5. The first-order valence-electron chi connectivity index (χ1n) is 38.4. The molecule has 0 radical (unpaired) electrons. The molecule has 6 aromatic heterocycles. The largest absolute Gasteiger partial charge is 0.308 e. The number of para-hydroxylation sites is 7. The zero-order valence-corrected chi connectivity index (χ0v) is 60.1. The van der Waals surface area contributed by atoms with E-state index in [9.17, 15) is 0 Å². The molecule has 0 atom stereocenters. The van der Waals surface area contributed by atoms with Crippen molar-refractivity contribution in [3.63, 3.8) is 0 Å². The quantitative estimate of drug-likeness (QED) is 0.161. The van der Waals surface area contributed by atoms with E-state index in [1.165, 1.54) is 105 Å². The first-order valence-corrected chi connectivity index (χ1v) is 38.4. The third-order valence-electron chi connectivity index (χ3n) is 24.6. The van der Waals surface area contributed by atoms with Gasteiger partial charge in [-0.25, -0.2) is 19.9 Å². The maximum atomic E-state index is 5.97. The molecule has 0 bridgehead atoms. The summed E-state index contributed by atoms with van der Waals surface area (Å²) < 4.78 is 9.72. The molecule has 0 saturated heterocycles. The molecule has 0 aliphatic carbocycles. The van der Waals surface area contributed by atoms with Crippen molar-refractivity contribution in [2.24, 2.45) is 0 Å². The van der Waals surface area contributed by atoms with Crippen LogP contribution < -0.4 is 0 Å². The van der Waals surface area contributed by atoms with Crippen LogP contribution in [0.4, 0.5) is 0 Å². The van der Waals surface area contributed by atoms with E-state index < -0.39 is 0 Å². The lowest BCUT2D eigenvalue weighted by molar-refractivity contribution is 1.01. The van der Waals surface area contributed by atoms with Crippen molar-refractivity contribution in [1.82, 2.24) is 38.2 Å². The third kappa shape index (κ3) is 8.17. The Hall–Kier alpha value is -15.1. The highest BCUT2D eigenvalue weighted by Gasteiger charge is 2.30. The van der Waals surface area contributed by atoms with Crippen LogP contribution in [-0.2, 0) is 0 Å². The van der Waals surface area contributed by atoms with E-state index in [1.807, 2.05) is 0 Å². The van der Waals surface area contributed by atoms with Crippen LogP contribution in [0, 0.1) is 0 Å². The minimum Gasteiger partial charge on any atom is -0.308 e. The van der Waals surface area contributed by atoms with Gasteiger partial charge in [0.1, 0.15) is 5.69 Å². The molecule has 112 heavy (non-hydrogen) atoms. The zero-order valence-electron chi connectivity index (χ0n) is 60.1. The molecule has 8 heteroatoms. The van der Waals surface area contributed by atoms with Crippen LogP contribution in [0.25, 0.3) is 254 Å². The Morgan fingerprint density at radius 3 is 1.30 bits per heavy atom. The number of hydrogen-bond donors (Lipinski definition) is 0. The minimum atomic E-state index is 0.617. The zero-order chi connectivity index (χ0) is 72.7. The van der Waals surface area contributed by atoms with Gasteiger partial charge >= 0.3 is 0 Å². The molecular weight excluding hydrogens is 1360 g/mol. The maximum Gasteiger partial charge on any atom is 0.235 e. The fourth-order valence-electron chi connectivity index (χ4n) is 19.7. The van der Waals surface area contributed by atoms with Crippen molar-refractivity contribution >= 4 is 152 Å². The topological polar surface area (TPSA) is 71.3 Å². The Labute approximate surface area is 639 Å².